The molecule has 1 amide bonds. The van der Waals surface area contributed by atoms with Crippen LogP contribution in [0.25, 0.3) is 0 Å². The summed E-state index contributed by atoms with van der Waals surface area (Å²) in [5.41, 5.74) is 9.07. The Balaban J connectivity index is 1.28. The normalized spacial score (nSPS) is 13.8. The topological polar surface area (TPSA) is 64.8 Å². The number of hydrogen-bond donors (Lipinski definition) is 1. The Morgan fingerprint density at radius 3 is 2.27 bits per heavy atom. The molecule has 5 nitrogen and oxygen atoms in total. The molecule has 1 aliphatic rings. The van der Waals surface area contributed by atoms with Crippen molar-refractivity contribution in [3.05, 3.63) is 91.4 Å². The Morgan fingerprint density at radius 1 is 0.973 bits per heavy atom. The quantitative estimate of drug-likeness (QED) is 0.245. The minimum absolute atomic E-state index is 0.0931. The highest BCUT2D eigenvalue weighted by atomic mass is 35.5. The van der Waals surface area contributed by atoms with Gasteiger partial charge in [0.2, 0.25) is 5.91 Å². The molecule has 1 fully saturated rings. The zero-order valence-corrected chi connectivity index (χ0v) is 23.4. The highest BCUT2D eigenvalue weighted by molar-refractivity contribution is 6.42. The third-order valence-electron chi connectivity index (χ3n) is 6.08. The smallest absolute Gasteiger partial charge is 0.240 e. The molecule has 37 heavy (non-hydrogen) atoms. The molecule has 0 radical (unpaired) electrons. The first-order chi connectivity index (χ1) is 17.7. The molecular weight excluding hydrogens is 554 g/mol. The second-order valence-corrected chi connectivity index (χ2v) is 10.7. The van der Waals surface area contributed by atoms with Crippen LogP contribution in [0.4, 0.5) is 0 Å². The number of hydrogen-bond acceptors (Lipinski definition) is 4. The Kier molecular flexibility index (Phi) is 9.49. The first-order valence-electron chi connectivity index (χ1n) is 12.0. The Bertz CT molecular complexity index is 1230. The van der Waals surface area contributed by atoms with Crippen LogP contribution in [0.1, 0.15) is 29.5 Å². The number of carbonyl (C=O) groups excluding carboxylic acids is 1. The van der Waals surface area contributed by atoms with Gasteiger partial charge in [-0.25, -0.2) is 0 Å². The fourth-order valence-electron chi connectivity index (χ4n) is 4.03. The summed E-state index contributed by atoms with van der Waals surface area (Å²) in [6.45, 7) is 2.92. The summed E-state index contributed by atoms with van der Waals surface area (Å²) in [7, 11) is 0. The lowest BCUT2D eigenvalue weighted by atomic mass is 10.0. The number of nitrogens with two attached hydrogens (primary N) is 1. The van der Waals surface area contributed by atoms with Crippen molar-refractivity contribution in [2.24, 2.45) is 5.73 Å². The van der Waals surface area contributed by atoms with Crippen LogP contribution in [-0.4, -0.2) is 36.1 Å². The zero-order chi connectivity index (χ0) is 26.5. The van der Waals surface area contributed by atoms with E-state index < -0.39 is 6.04 Å². The molecule has 3 aromatic carbocycles. The molecular formula is C28H28Cl4N2O3. The van der Waals surface area contributed by atoms with Gasteiger partial charge in [0.05, 0.1) is 26.1 Å². The highest BCUT2D eigenvalue weighted by Crippen LogP contribution is 2.34. The fourth-order valence-corrected chi connectivity index (χ4v) is 5.12. The highest BCUT2D eigenvalue weighted by Gasteiger charge is 2.35. The van der Waals surface area contributed by atoms with Gasteiger partial charge in [0.15, 0.2) is 5.75 Å². The number of rotatable bonds is 11. The van der Waals surface area contributed by atoms with Crippen LogP contribution in [0.2, 0.25) is 20.1 Å². The minimum atomic E-state index is -0.664. The van der Waals surface area contributed by atoms with Crippen LogP contribution < -0.4 is 15.2 Å². The van der Waals surface area contributed by atoms with Gasteiger partial charge in [0.1, 0.15) is 19.0 Å². The van der Waals surface area contributed by atoms with Crippen molar-refractivity contribution < 1.29 is 14.3 Å². The number of carbonyl (C=O) groups is 1. The second kappa shape index (κ2) is 12.6. The molecule has 9 heteroatoms. The number of amides is 1. The molecule has 1 aliphatic carbocycles. The molecule has 0 bridgehead atoms. The van der Waals surface area contributed by atoms with Gasteiger partial charge >= 0.3 is 0 Å². The molecule has 0 aromatic heterocycles. The van der Waals surface area contributed by atoms with Crippen LogP contribution >= 0.6 is 46.4 Å². The van der Waals surface area contributed by atoms with Crippen LogP contribution in [0.3, 0.4) is 0 Å². The molecule has 3 aromatic rings. The van der Waals surface area contributed by atoms with E-state index in [1.807, 2.05) is 48.2 Å². The summed E-state index contributed by atoms with van der Waals surface area (Å²) in [4.78, 5) is 15.0. The van der Waals surface area contributed by atoms with E-state index in [0.29, 0.717) is 51.2 Å². The van der Waals surface area contributed by atoms with Crippen molar-refractivity contribution in [2.75, 3.05) is 13.2 Å². The van der Waals surface area contributed by atoms with Gasteiger partial charge in [-0.3, -0.25) is 4.79 Å². The van der Waals surface area contributed by atoms with Gasteiger partial charge in [-0.2, -0.15) is 0 Å². The SMILES string of the molecule is Cc1cc(Cl)c(OCCOc2ccc(C[C@H](N)C(=O)N(Cc3cccc(Cl)c3Cl)C3CC3)cc2)c(Cl)c1. The fraction of sp³-hybridized carbons (Fsp3) is 0.321. The second-order valence-electron chi connectivity index (χ2n) is 9.12. The summed E-state index contributed by atoms with van der Waals surface area (Å²) >= 11 is 24.9. The van der Waals surface area contributed by atoms with Gasteiger partial charge in [-0.05, 0) is 73.2 Å². The molecule has 196 valence electrons. The molecule has 0 spiro atoms. The molecule has 0 unspecified atom stereocenters. The van der Waals surface area contributed by atoms with Crippen molar-refractivity contribution in [2.45, 2.75) is 44.8 Å². The third-order valence-corrected chi connectivity index (χ3v) is 7.50. The molecule has 2 N–H and O–H groups in total. The summed E-state index contributed by atoms with van der Waals surface area (Å²) in [5.74, 6) is 1.04. The maximum atomic E-state index is 13.2. The summed E-state index contributed by atoms with van der Waals surface area (Å²) in [6, 6.07) is 16.1. The zero-order valence-electron chi connectivity index (χ0n) is 20.4. The van der Waals surface area contributed by atoms with E-state index in [2.05, 4.69) is 0 Å². The van der Waals surface area contributed by atoms with E-state index in [4.69, 9.17) is 61.6 Å². The summed E-state index contributed by atoms with van der Waals surface area (Å²) in [6.07, 6.45) is 2.35. The van der Waals surface area contributed by atoms with Crippen LogP contribution in [0, 0.1) is 6.92 Å². The van der Waals surface area contributed by atoms with Gasteiger partial charge < -0.3 is 20.1 Å². The summed E-state index contributed by atoms with van der Waals surface area (Å²) in [5, 5.41) is 1.89. The number of ether oxygens (including phenoxy) is 2. The van der Waals surface area contributed by atoms with Crippen LogP contribution in [0.5, 0.6) is 11.5 Å². The number of benzene rings is 3. The first kappa shape index (κ1) is 27.9. The molecule has 0 aliphatic heterocycles. The van der Waals surface area contributed by atoms with Gasteiger partial charge in [-0.15, -0.1) is 0 Å². The minimum Gasteiger partial charge on any atom is -0.490 e. The van der Waals surface area contributed by atoms with Crippen LogP contribution in [0.15, 0.2) is 54.6 Å². The monoisotopic (exact) mass is 580 g/mol. The number of halogens is 4. The van der Waals surface area contributed by atoms with Gasteiger partial charge in [0.25, 0.3) is 0 Å². The van der Waals surface area contributed by atoms with Gasteiger partial charge in [0, 0.05) is 12.6 Å². The molecule has 4 rings (SSSR count). The van der Waals surface area contributed by atoms with E-state index in [0.717, 1.165) is 29.5 Å². The maximum absolute atomic E-state index is 13.2. The lowest BCUT2D eigenvalue weighted by Crippen LogP contribution is -2.45. The van der Waals surface area contributed by atoms with Gasteiger partial charge in [-0.1, -0.05) is 70.7 Å². The van der Waals surface area contributed by atoms with Crippen molar-refractivity contribution in [1.82, 2.24) is 4.90 Å². The van der Waals surface area contributed by atoms with E-state index in [1.165, 1.54) is 0 Å². The Labute approximate surface area is 237 Å². The number of aryl methyl sites for hydroxylation is 1. The van der Waals surface area contributed by atoms with E-state index >= 15 is 0 Å². The maximum Gasteiger partial charge on any atom is 0.240 e. The predicted octanol–water partition coefficient (Wildman–Crippen LogP) is 7.13. The average Bonchev–Trinajstić information content (AvgIpc) is 3.70. The predicted molar refractivity (Wildman–Crippen MR) is 150 cm³/mol. The van der Waals surface area contributed by atoms with Crippen molar-refractivity contribution in [1.29, 1.82) is 0 Å². The standard InChI is InChI=1S/C28H28Cl4N2O3/c1-17-13-23(30)27(24(31)14-17)37-12-11-36-21-9-5-18(6-10-21)15-25(33)28(35)34(20-7-8-20)16-19-3-2-4-22(29)26(19)32/h2-6,9-10,13-14,20,25H,7-8,11-12,15-16,33H2,1H3/t25-/m0/s1. The molecule has 1 atom stereocenters. The lowest BCUT2D eigenvalue weighted by Gasteiger charge is -2.26. The summed E-state index contributed by atoms with van der Waals surface area (Å²) < 4.78 is 11.4. The van der Waals surface area contributed by atoms with E-state index in [-0.39, 0.29) is 18.6 Å². The lowest BCUT2D eigenvalue weighted by molar-refractivity contribution is -0.133. The number of nitrogens with zero attached hydrogens (tertiary/aromatic N) is 1. The van der Waals surface area contributed by atoms with Crippen LogP contribution in [-0.2, 0) is 17.8 Å². The molecule has 1 saturated carbocycles. The average molecular weight is 582 g/mol. The largest absolute Gasteiger partial charge is 0.490 e. The molecule has 0 heterocycles. The van der Waals surface area contributed by atoms with Crippen molar-refractivity contribution >= 4 is 52.3 Å². The Hall–Kier alpha value is -2.15. The molecule has 0 saturated heterocycles. The van der Waals surface area contributed by atoms with E-state index in [1.54, 1.807) is 18.2 Å². The van der Waals surface area contributed by atoms with E-state index in [9.17, 15) is 4.79 Å². The Morgan fingerprint density at radius 2 is 1.62 bits per heavy atom. The van der Waals surface area contributed by atoms with Crippen molar-refractivity contribution in [3.8, 4) is 11.5 Å². The third kappa shape index (κ3) is 7.46. The van der Waals surface area contributed by atoms with Crippen molar-refractivity contribution in [3.63, 3.8) is 0 Å². The first-order valence-corrected chi connectivity index (χ1v) is 13.5.